The van der Waals surface area contributed by atoms with Crippen LogP contribution in [0.25, 0.3) is 0 Å². The van der Waals surface area contributed by atoms with Gasteiger partial charge in [0.2, 0.25) is 0 Å². The Bertz CT molecular complexity index is 598. The number of hydrogen-bond donors (Lipinski definition) is 1. The van der Waals surface area contributed by atoms with Crippen LogP contribution in [0.3, 0.4) is 0 Å². The molecule has 21 heavy (non-hydrogen) atoms. The highest BCUT2D eigenvalue weighted by Gasteiger charge is 2.14. The van der Waals surface area contributed by atoms with Crippen molar-refractivity contribution in [3.63, 3.8) is 0 Å². The fraction of sp³-hybridized carbons (Fsp3) is 0.353. The number of rotatable bonds is 6. The van der Waals surface area contributed by atoms with E-state index in [2.05, 4.69) is 16.8 Å². The van der Waals surface area contributed by atoms with Crippen molar-refractivity contribution in [2.24, 2.45) is 5.73 Å². The molecule has 1 aromatic carbocycles. The molecule has 0 bridgehead atoms. The standard InChI is InChI=1S/C17H22FN3/c1-3-21(12-14-7-4-6-13(2)20-14)17-9-5-8-16(18)15(17)10-11-19/h4-9H,3,10-12,19H2,1-2H3. The van der Waals surface area contributed by atoms with Gasteiger partial charge in [0.25, 0.3) is 0 Å². The molecule has 2 aromatic rings. The minimum Gasteiger partial charge on any atom is -0.366 e. The van der Waals surface area contributed by atoms with Gasteiger partial charge < -0.3 is 10.6 Å². The molecule has 112 valence electrons. The van der Waals surface area contributed by atoms with E-state index in [1.807, 2.05) is 31.2 Å². The molecule has 4 heteroatoms. The van der Waals surface area contributed by atoms with Crippen LogP contribution in [0.1, 0.15) is 23.9 Å². The van der Waals surface area contributed by atoms with Crippen LogP contribution in [0, 0.1) is 12.7 Å². The number of nitrogens with zero attached hydrogens (tertiary/aromatic N) is 2. The summed E-state index contributed by atoms with van der Waals surface area (Å²) < 4.78 is 14.0. The van der Waals surface area contributed by atoms with Crippen molar-refractivity contribution >= 4 is 5.69 Å². The van der Waals surface area contributed by atoms with E-state index in [-0.39, 0.29) is 5.82 Å². The van der Waals surface area contributed by atoms with Crippen molar-refractivity contribution in [2.45, 2.75) is 26.8 Å². The van der Waals surface area contributed by atoms with Crippen LogP contribution in [-0.2, 0) is 13.0 Å². The molecule has 0 aliphatic rings. The second-order valence-corrected chi connectivity index (χ2v) is 5.06. The van der Waals surface area contributed by atoms with Gasteiger partial charge in [-0.25, -0.2) is 4.39 Å². The maximum Gasteiger partial charge on any atom is 0.128 e. The number of halogens is 1. The third-order valence-electron chi connectivity index (χ3n) is 3.51. The number of aromatic nitrogens is 1. The maximum atomic E-state index is 14.0. The zero-order valence-corrected chi connectivity index (χ0v) is 12.6. The number of benzene rings is 1. The zero-order chi connectivity index (χ0) is 15.2. The number of aryl methyl sites for hydroxylation is 1. The van der Waals surface area contributed by atoms with Crippen LogP contribution in [0.5, 0.6) is 0 Å². The lowest BCUT2D eigenvalue weighted by Crippen LogP contribution is -2.25. The van der Waals surface area contributed by atoms with E-state index < -0.39 is 0 Å². The van der Waals surface area contributed by atoms with E-state index in [9.17, 15) is 4.39 Å². The molecule has 0 saturated heterocycles. The van der Waals surface area contributed by atoms with Crippen molar-refractivity contribution in [1.82, 2.24) is 4.98 Å². The molecule has 1 aromatic heterocycles. The fourth-order valence-electron chi connectivity index (χ4n) is 2.49. The number of pyridine rings is 1. The summed E-state index contributed by atoms with van der Waals surface area (Å²) in [6, 6.07) is 11.2. The van der Waals surface area contributed by atoms with Crippen molar-refractivity contribution in [3.8, 4) is 0 Å². The molecule has 0 atom stereocenters. The fourth-order valence-corrected chi connectivity index (χ4v) is 2.49. The Morgan fingerprint density at radius 3 is 2.62 bits per heavy atom. The molecule has 0 fully saturated rings. The number of nitrogens with two attached hydrogens (primary N) is 1. The monoisotopic (exact) mass is 287 g/mol. The second kappa shape index (κ2) is 7.18. The van der Waals surface area contributed by atoms with E-state index in [0.717, 1.165) is 23.6 Å². The Hall–Kier alpha value is -1.94. The Morgan fingerprint density at radius 2 is 1.95 bits per heavy atom. The first-order valence-electron chi connectivity index (χ1n) is 7.30. The van der Waals surface area contributed by atoms with Crippen molar-refractivity contribution in [2.75, 3.05) is 18.0 Å². The van der Waals surface area contributed by atoms with Gasteiger partial charge in [-0.2, -0.15) is 0 Å². The normalized spacial score (nSPS) is 10.7. The Kier molecular flexibility index (Phi) is 5.28. The van der Waals surface area contributed by atoms with E-state index in [1.54, 1.807) is 6.07 Å². The summed E-state index contributed by atoms with van der Waals surface area (Å²) in [6.45, 7) is 5.93. The van der Waals surface area contributed by atoms with Gasteiger partial charge in [0.05, 0.1) is 12.2 Å². The molecular weight excluding hydrogens is 265 g/mol. The molecule has 0 aliphatic carbocycles. The largest absolute Gasteiger partial charge is 0.366 e. The summed E-state index contributed by atoms with van der Waals surface area (Å²) in [5, 5.41) is 0. The van der Waals surface area contributed by atoms with Gasteiger partial charge in [0.1, 0.15) is 5.82 Å². The lowest BCUT2D eigenvalue weighted by Gasteiger charge is -2.26. The van der Waals surface area contributed by atoms with Crippen molar-refractivity contribution < 1.29 is 4.39 Å². The van der Waals surface area contributed by atoms with Gasteiger partial charge in [-0.15, -0.1) is 0 Å². The first-order valence-corrected chi connectivity index (χ1v) is 7.30. The molecule has 0 amide bonds. The van der Waals surface area contributed by atoms with Crippen LogP contribution < -0.4 is 10.6 Å². The lowest BCUT2D eigenvalue weighted by atomic mass is 10.1. The van der Waals surface area contributed by atoms with Crippen LogP contribution in [-0.4, -0.2) is 18.1 Å². The number of anilines is 1. The molecule has 0 aliphatic heterocycles. The quantitative estimate of drug-likeness (QED) is 0.888. The molecule has 3 nitrogen and oxygen atoms in total. The summed E-state index contributed by atoms with van der Waals surface area (Å²) in [4.78, 5) is 6.66. The smallest absolute Gasteiger partial charge is 0.128 e. The Labute approximate surface area is 125 Å². The van der Waals surface area contributed by atoms with Crippen LogP contribution in [0.4, 0.5) is 10.1 Å². The van der Waals surface area contributed by atoms with E-state index in [0.29, 0.717) is 25.1 Å². The van der Waals surface area contributed by atoms with Crippen LogP contribution in [0.15, 0.2) is 36.4 Å². The molecule has 0 spiro atoms. The third kappa shape index (κ3) is 3.79. The molecule has 2 N–H and O–H groups in total. The lowest BCUT2D eigenvalue weighted by molar-refractivity contribution is 0.607. The Morgan fingerprint density at radius 1 is 1.19 bits per heavy atom. The molecule has 0 saturated carbocycles. The predicted molar refractivity (Wildman–Crippen MR) is 84.9 cm³/mol. The van der Waals surface area contributed by atoms with Crippen LogP contribution >= 0.6 is 0 Å². The minimum atomic E-state index is -0.186. The molecular formula is C17H22FN3. The molecule has 0 unspecified atom stereocenters. The first kappa shape index (κ1) is 15.4. The van der Waals surface area contributed by atoms with Gasteiger partial charge in [0.15, 0.2) is 0 Å². The highest BCUT2D eigenvalue weighted by Crippen LogP contribution is 2.25. The molecule has 1 heterocycles. The average Bonchev–Trinajstić information content (AvgIpc) is 2.47. The molecule has 0 radical (unpaired) electrons. The van der Waals surface area contributed by atoms with Crippen molar-refractivity contribution in [3.05, 3.63) is 59.2 Å². The summed E-state index contributed by atoms with van der Waals surface area (Å²) in [5.41, 5.74) is 9.19. The zero-order valence-electron chi connectivity index (χ0n) is 12.6. The highest BCUT2D eigenvalue weighted by atomic mass is 19.1. The van der Waals surface area contributed by atoms with Gasteiger partial charge in [0, 0.05) is 23.5 Å². The first-order chi connectivity index (χ1) is 10.2. The SMILES string of the molecule is CCN(Cc1cccc(C)n1)c1cccc(F)c1CCN. The van der Waals surface area contributed by atoms with E-state index >= 15 is 0 Å². The van der Waals surface area contributed by atoms with E-state index in [1.165, 1.54) is 6.07 Å². The van der Waals surface area contributed by atoms with Gasteiger partial charge in [-0.05, 0) is 51.1 Å². The predicted octanol–water partition coefficient (Wildman–Crippen LogP) is 3.06. The maximum absolute atomic E-state index is 14.0. The average molecular weight is 287 g/mol. The number of hydrogen-bond acceptors (Lipinski definition) is 3. The van der Waals surface area contributed by atoms with E-state index in [4.69, 9.17) is 5.73 Å². The second-order valence-electron chi connectivity index (χ2n) is 5.06. The summed E-state index contributed by atoms with van der Waals surface area (Å²) in [7, 11) is 0. The Balaban J connectivity index is 2.31. The van der Waals surface area contributed by atoms with Gasteiger partial charge in [-0.1, -0.05) is 12.1 Å². The topological polar surface area (TPSA) is 42.2 Å². The highest BCUT2D eigenvalue weighted by molar-refractivity contribution is 5.54. The van der Waals surface area contributed by atoms with Gasteiger partial charge in [-0.3, -0.25) is 4.98 Å². The van der Waals surface area contributed by atoms with Crippen LogP contribution in [0.2, 0.25) is 0 Å². The summed E-state index contributed by atoms with van der Waals surface area (Å²) in [6.07, 6.45) is 0.541. The third-order valence-corrected chi connectivity index (χ3v) is 3.51. The minimum absolute atomic E-state index is 0.186. The summed E-state index contributed by atoms with van der Waals surface area (Å²) in [5.74, 6) is -0.186. The van der Waals surface area contributed by atoms with Crippen molar-refractivity contribution in [1.29, 1.82) is 0 Å². The summed E-state index contributed by atoms with van der Waals surface area (Å²) >= 11 is 0. The van der Waals surface area contributed by atoms with Gasteiger partial charge >= 0.3 is 0 Å². The molecule has 2 rings (SSSR count).